The summed E-state index contributed by atoms with van der Waals surface area (Å²) >= 11 is 6.07. The molecular formula is C16H23ClN2O. The Morgan fingerprint density at radius 3 is 2.50 bits per heavy atom. The van der Waals surface area contributed by atoms with E-state index in [2.05, 4.69) is 23.6 Å². The molecule has 0 radical (unpaired) electrons. The minimum absolute atomic E-state index is 0.118. The minimum atomic E-state index is 0.118. The third-order valence-electron chi connectivity index (χ3n) is 4.16. The van der Waals surface area contributed by atoms with Crippen molar-refractivity contribution in [3.8, 4) is 0 Å². The summed E-state index contributed by atoms with van der Waals surface area (Å²) in [6.45, 7) is 8.97. The van der Waals surface area contributed by atoms with Crippen LogP contribution in [0.15, 0.2) is 24.3 Å². The number of Topliss-reactive ketones (excluding diaryl/α,β-unsaturated/α-hetero) is 1. The van der Waals surface area contributed by atoms with Crippen molar-refractivity contribution in [1.82, 2.24) is 9.80 Å². The third kappa shape index (κ3) is 3.81. The summed E-state index contributed by atoms with van der Waals surface area (Å²) in [5.41, 5.74) is 0.638. The number of hydrogen-bond donors (Lipinski definition) is 0. The molecule has 1 aliphatic rings. The van der Waals surface area contributed by atoms with Crippen LogP contribution in [0.25, 0.3) is 0 Å². The first-order valence-electron chi connectivity index (χ1n) is 7.36. The molecule has 0 N–H and O–H groups in total. The average molecular weight is 295 g/mol. The number of carbonyl (C=O) groups excluding carboxylic acids is 1. The number of rotatable bonds is 5. The van der Waals surface area contributed by atoms with Gasteiger partial charge in [-0.2, -0.15) is 0 Å². The van der Waals surface area contributed by atoms with Crippen LogP contribution in [0, 0.1) is 0 Å². The van der Waals surface area contributed by atoms with Crippen molar-refractivity contribution in [3.63, 3.8) is 0 Å². The SMILES string of the molecule is CCC(C)N1CCN(CC(=O)c2ccccc2Cl)CC1. The van der Waals surface area contributed by atoms with Crippen molar-refractivity contribution >= 4 is 17.4 Å². The fourth-order valence-corrected chi connectivity index (χ4v) is 2.84. The molecule has 1 fully saturated rings. The predicted octanol–water partition coefficient (Wildman–Crippen LogP) is 2.94. The summed E-state index contributed by atoms with van der Waals surface area (Å²) in [5, 5.41) is 0.552. The summed E-state index contributed by atoms with van der Waals surface area (Å²) in [5.74, 6) is 0.118. The third-order valence-corrected chi connectivity index (χ3v) is 4.49. The van der Waals surface area contributed by atoms with Gasteiger partial charge in [-0.15, -0.1) is 0 Å². The molecule has 1 atom stereocenters. The topological polar surface area (TPSA) is 23.6 Å². The van der Waals surface area contributed by atoms with Crippen LogP contribution in [0.3, 0.4) is 0 Å². The molecule has 0 aromatic heterocycles. The highest BCUT2D eigenvalue weighted by molar-refractivity contribution is 6.34. The number of carbonyl (C=O) groups is 1. The average Bonchev–Trinajstić information content (AvgIpc) is 2.47. The molecule has 0 aliphatic carbocycles. The summed E-state index contributed by atoms with van der Waals surface area (Å²) in [6, 6.07) is 7.93. The molecule has 2 rings (SSSR count). The fraction of sp³-hybridized carbons (Fsp3) is 0.562. The molecule has 1 aliphatic heterocycles. The molecule has 4 heteroatoms. The number of nitrogens with zero attached hydrogens (tertiary/aromatic N) is 2. The predicted molar refractivity (Wildman–Crippen MR) is 83.5 cm³/mol. The minimum Gasteiger partial charge on any atom is -0.298 e. The second-order valence-electron chi connectivity index (χ2n) is 5.47. The van der Waals surface area contributed by atoms with Crippen LogP contribution < -0.4 is 0 Å². The summed E-state index contributed by atoms with van der Waals surface area (Å²) in [7, 11) is 0. The number of halogens is 1. The first-order chi connectivity index (χ1) is 9.61. The Morgan fingerprint density at radius 2 is 1.90 bits per heavy atom. The number of piperazine rings is 1. The first-order valence-corrected chi connectivity index (χ1v) is 7.73. The smallest absolute Gasteiger partial charge is 0.178 e. The molecular weight excluding hydrogens is 272 g/mol. The van der Waals surface area contributed by atoms with E-state index in [1.165, 1.54) is 6.42 Å². The van der Waals surface area contributed by atoms with Crippen LogP contribution in [0.5, 0.6) is 0 Å². The zero-order valence-corrected chi connectivity index (χ0v) is 13.1. The highest BCUT2D eigenvalue weighted by atomic mass is 35.5. The maximum Gasteiger partial charge on any atom is 0.178 e. The van der Waals surface area contributed by atoms with E-state index in [0.29, 0.717) is 23.2 Å². The standard InChI is InChI=1S/C16H23ClN2O/c1-3-13(2)19-10-8-18(9-11-19)12-16(20)14-6-4-5-7-15(14)17/h4-7,13H,3,8-12H2,1-2H3. The highest BCUT2D eigenvalue weighted by Gasteiger charge is 2.22. The molecule has 1 heterocycles. The van der Waals surface area contributed by atoms with E-state index < -0.39 is 0 Å². The Labute approximate surface area is 126 Å². The van der Waals surface area contributed by atoms with Gasteiger partial charge in [-0.1, -0.05) is 30.7 Å². The molecule has 1 aromatic rings. The van der Waals surface area contributed by atoms with Gasteiger partial charge < -0.3 is 0 Å². The molecule has 0 amide bonds. The maximum absolute atomic E-state index is 12.3. The Balaban J connectivity index is 1.87. The maximum atomic E-state index is 12.3. The molecule has 1 saturated heterocycles. The molecule has 110 valence electrons. The van der Waals surface area contributed by atoms with E-state index >= 15 is 0 Å². The van der Waals surface area contributed by atoms with Crippen molar-refractivity contribution < 1.29 is 4.79 Å². The van der Waals surface area contributed by atoms with E-state index in [-0.39, 0.29) is 5.78 Å². The number of benzene rings is 1. The first kappa shape index (κ1) is 15.5. The van der Waals surface area contributed by atoms with Gasteiger partial charge in [0.05, 0.1) is 11.6 Å². The summed E-state index contributed by atoms with van der Waals surface area (Å²) in [6.07, 6.45) is 1.18. The molecule has 0 spiro atoms. The van der Waals surface area contributed by atoms with Crippen molar-refractivity contribution in [2.75, 3.05) is 32.7 Å². The van der Waals surface area contributed by atoms with Crippen LogP contribution in [-0.2, 0) is 0 Å². The molecule has 0 saturated carbocycles. The van der Waals surface area contributed by atoms with Gasteiger partial charge in [-0.05, 0) is 25.5 Å². The lowest BCUT2D eigenvalue weighted by molar-refractivity contribution is 0.0784. The Morgan fingerprint density at radius 1 is 1.25 bits per heavy atom. The van der Waals surface area contributed by atoms with E-state index in [0.717, 1.165) is 26.2 Å². The van der Waals surface area contributed by atoms with Gasteiger partial charge in [0.25, 0.3) is 0 Å². The van der Waals surface area contributed by atoms with E-state index in [9.17, 15) is 4.79 Å². The lowest BCUT2D eigenvalue weighted by Gasteiger charge is -2.37. The normalized spacial score (nSPS) is 18.9. The van der Waals surface area contributed by atoms with Crippen LogP contribution in [0.1, 0.15) is 30.6 Å². The van der Waals surface area contributed by atoms with Gasteiger partial charge in [-0.3, -0.25) is 14.6 Å². The van der Waals surface area contributed by atoms with Gasteiger partial charge in [0, 0.05) is 37.8 Å². The second-order valence-corrected chi connectivity index (χ2v) is 5.88. The Bertz CT molecular complexity index is 456. The Kier molecular flexibility index (Phi) is 5.58. The quantitative estimate of drug-likeness (QED) is 0.780. The largest absolute Gasteiger partial charge is 0.298 e. The molecule has 0 bridgehead atoms. The van der Waals surface area contributed by atoms with Gasteiger partial charge in [0.1, 0.15) is 0 Å². The lowest BCUT2D eigenvalue weighted by Crippen LogP contribution is -2.50. The van der Waals surface area contributed by atoms with Crippen molar-refractivity contribution in [2.45, 2.75) is 26.3 Å². The summed E-state index contributed by atoms with van der Waals surface area (Å²) < 4.78 is 0. The highest BCUT2D eigenvalue weighted by Crippen LogP contribution is 2.16. The van der Waals surface area contributed by atoms with Crippen LogP contribution in [0.2, 0.25) is 5.02 Å². The van der Waals surface area contributed by atoms with Gasteiger partial charge >= 0.3 is 0 Å². The van der Waals surface area contributed by atoms with Crippen LogP contribution in [-0.4, -0.2) is 54.3 Å². The van der Waals surface area contributed by atoms with E-state index in [1.54, 1.807) is 12.1 Å². The molecule has 3 nitrogen and oxygen atoms in total. The monoisotopic (exact) mass is 294 g/mol. The van der Waals surface area contributed by atoms with Crippen LogP contribution in [0.4, 0.5) is 0 Å². The van der Waals surface area contributed by atoms with Gasteiger partial charge in [0.2, 0.25) is 0 Å². The Hall–Kier alpha value is -0.900. The van der Waals surface area contributed by atoms with Crippen molar-refractivity contribution in [1.29, 1.82) is 0 Å². The second kappa shape index (κ2) is 7.21. The van der Waals surface area contributed by atoms with E-state index in [1.807, 2.05) is 12.1 Å². The number of hydrogen-bond acceptors (Lipinski definition) is 3. The molecule has 1 aromatic carbocycles. The lowest BCUT2D eigenvalue weighted by atomic mass is 10.1. The van der Waals surface area contributed by atoms with Crippen molar-refractivity contribution in [2.24, 2.45) is 0 Å². The van der Waals surface area contributed by atoms with Gasteiger partial charge in [-0.25, -0.2) is 0 Å². The number of ketones is 1. The van der Waals surface area contributed by atoms with Gasteiger partial charge in [0.15, 0.2) is 5.78 Å². The summed E-state index contributed by atoms with van der Waals surface area (Å²) in [4.78, 5) is 17.0. The molecule has 1 unspecified atom stereocenters. The molecule has 20 heavy (non-hydrogen) atoms. The van der Waals surface area contributed by atoms with Crippen molar-refractivity contribution in [3.05, 3.63) is 34.9 Å². The van der Waals surface area contributed by atoms with E-state index in [4.69, 9.17) is 11.6 Å². The van der Waals surface area contributed by atoms with Crippen LogP contribution >= 0.6 is 11.6 Å². The zero-order valence-electron chi connectivity index (χ0n) is 12.3. The zero-order chi connectivity index (χ0) is 14.5. The fourth-order valence-electron chi connectivity index (χ4n) is 2.60.